The van der Waals surface area contributed by atoms with Gasteiger partial charge in [0.15, 0.2) is 0 Å². The molecule has 3 rings (SSSR count). The van der Waals surface area contributed by atoms with Gasteiger partial charge in [0, 0.05) is 11.1 Å². The lowest BCUT2D eigenvalue weighted by atomic mass is 10.1. The SMILES string of the molecule is CC(C)NC(=O)c1ccccc1NC(=O)CN(c1ccc(Cl)cc1)S(=O)(=O)c1ccccc1. The minimum atomic E-state index is -4.05. The van der Waals surface area contributed by atoms with Crippen LogP contribution in [0.25, 0.3) is 0 Å². The molecule has 0 fully saturated rings. The van der Waals surface area contributed by atoms with Gasteiger partial charge in [-0.3, -0.25) is 13.9 Å². The van der Waals surface area contributed by atoms with Crippen LogP contribution < -0.4 is 14.9 Å². The van der Waals surface area contributed by atoms with E-state index in [-0.39, 0.29) is 33.8 Å². The highest BCUT2D eigenvalue weighted by atomic mass is 35.5. The molecule has 0 heterocycles. The predicted octanol–water partition coefficient (Wildman–Crippen LogP) is 4.31. The summed E-state index contributed by atoms with van der Waals surface area (Å²) in [6.45, 7) is 3.16. The van der Waals surface area contributed by atoms with Crippen LogP contribution in [-0.2, 0) is 14.8 Å². The lowest BCUT2D eigenvalue weighted by Crippen LogP contribution is -2.38. The van der Waals surface area contributed by atoms with Gasteiger partial charge in [-0.15, -0.1) is 0 Å². The van der Waals surface area contributed by atoms with Crippen LogP contribution in [0, 0.1) is 0 Å². The standard InChI is InChI=1S/C24H24ClN3O4S/c1-17(2)26-24(30)21-10-6-7-11-22(21)27-23(29)16-28(19-14-12-18(25)13-15-19)33(31,32)20-8-4-3-5-9-20/h3-15,17H,16H2,1-2H3,(H,26,30)(H,27,29). The van der Waals surface area contributed by atoms with Gasteiger partial charge in [0.25, 0.3) is 15.9 Å². The van der Waals surface area contributed by atoms with E-state index < -0.39 is 22.5 Å². The van der Waals surface area contributed by atoms with E-state index >= 15 is 0 Å². The number of halogens is 1. The number of nitrogens with zero attached hydrogens (tertiary/aromatic N) is 1. The molecule has 0 spiro atoms. The molecule has 0 bridgehead atoms. The maximum atomic E-state index is 13.4. The van der Waals surface area contributed by atoms with Crippen molar-refractivity contribution in [3.63, 3.8) is 0 Å². The summed E-state index contributed by atoms with van der Waals surface area (Å²) in [4.78, 5) is 25.5. The highest BCUT2D eigenvalue weighted by Gasteiger charge is 2.27. The Morgan fingerprint density at radius 3 is 2.15 bits per heavy atom. The zero-order valence-corrected chi connectivity index (χ0v) is 19.7. The van der Waals surface area contributed by atoms with Gasteiger partial charge >= 0.3 is 0 Å². The van der Waals surface area contributed by atoms with Gasteiger partial charge in [-0.25, -0.2) is 8.42 Å². The summed E-state index contributed by atoms with van der Waals surface area (Å²) in [7, 11) is -4.05. The molecule has 0 unspecified atom stereocenters. The number of amides is 2. The lowest BCUT2D eigenvalue weighted by molar-refractivity contribution is -0.114. The number of hydrogen-bond donors (Lipinski definition) is 2. The van der Waals surface area contributed by atoms with Crippen molar-refractivity contribution < 1.29 is 18.0 Å². The molecule has 0 saturated heterocycles. The summed E-state index contributed by atoms with van der Waals surface area (Å²) in [5, 5.41) is 5.88. The summed E-state index contributed by atoms with van der Waals surface area (Å²) < 4.78 is 27.7. The first kappa shape index (κ1) is 24.3. The van der Waals surface area contributed by atoms with E-state index in [0.717, 1.165) is 4.31 Å². The molecule has 0 aromatic heterocycles. The first-order valence-corrected chi connectivity index (χ1v) is 12.0. The average Bonchev–Trinajstić information content (AvgIpc) is 2.78. The van der Waals surface area contributed by atoms with Crippen LogP contribution in [0.5, 0.6) is 0 Å². The summed E-state index contributed by atoms with van der Waals surface area (Å²) in [6.07, 6.45) is 0. The molecule has 2 amide bonds. The van der Waals surface area contributed by atoms with Crippen molar-refractivity contribution in [1.29, 1.82) is 0 Å². The number of rotatable bonds is 8. The summed E-state index contributed by atoms with van der Waals surface area (Å²) in [6, 6.07) is 20.5. The van der Waals surface area contributed by atoms with Gasteiger partial charge in [-0.2, -0.15) is 0 Å². The highest BCUT2D eigenvalue weighted by Crippen LogP contribution is 2.25. The number of carbonyl (C=O) groups excluding carboxylic acids is 2. The monoisotopic (exact) mass is 485 g/mol. The second-order valence-corrected chi connectivity index (χ2v) is 9.82. The Kier molecular flexibility index (Phi) is 7.73. The molecule has 0 aliphatic rings. The van der Waals surface area contributed by atoms with E-state index in [1.54, 1.807) is 54.6 Å². The molecule has 7 nitrogen and oxygen atoms in total. The molecule has 172 valence electrons. The largest absolute Gasteiger partial charge is 0.350 e. The summed E-state index contributed by atoms with van der Waals surface area (Å²) in [5.41, 5.74) is 0.849. The van der Waals surface area contributed by atoms with Crippen molar-refractivity contribution in [1.82, 2.24) is 5.32 Å². The first-order valence-electron chi connectivity index (χ1n) is 10.2. The number of carbonyl (C=O) groups is 2. The Morgan fingerprint density at radius 2 is 1.52 bits per heavy atom. The molecule has 0 atom stereocenters. The minimum absolute atomic E-state index is 0.0458. The molecule has 3 aromatic carbocycles. The van der Waals surface area contributed by atoms with E-state index in [2.05, 4.69) is 10.6 Å². The Hall–Kier alpha value is -3.36. The summed E-state index contributed by atoms with van der Waals surface area (Å²) >= 11 is 5.96. The topological polar surface area (TPSA) is 95.6 Å². The Labute approximate surface area is 198 Å². The van der Waals surface area contributed by atoms with Crippen LogP contribution in [0.15, 0.2) is 83.8 Å². The fourth-order valence-corrected chi connectivity index (χ4v) is 4.66. The third-order valence-corrected chi connectivity index (χ3v) is 6.64. The van der Waals surface area contributed by atoms with Crippen LogP contribution in [0.3, 0.4) is 0 Å². The molecule has 0 aliphatic heterocycles. The maximum absolute atomic E-state index is 13.4. The normalized spacial score (nSPS) is 11.2. The third-order valence-electron chi connectivity index (χ3n) is 4.60. The number of hydrogen-bond acceptors (Lipinski definition) is 4. The average molecular weight is 486 g/mol. The Bertz CT molecular complexity index is 1230. The minimum Gasteiger partial charge on any atom is -0.350 e. The van der Waals surface area contributed by atoms with Gasteiger partial charge in [0.2, 0.25) is 5.91 Å². The second-order valence-electron chi connectivity index (χ2n) is 7.52. The van der Waals surface area contributed by atoms with Crippen molar-refractivity contribution in [3.8, 4) is 0 Å². The molecular weight excluding hydrogens is 462 g/mol. The zero-order valence-electron chi connectivity index (χ0n) is 18.2. The van der Waals surface area contributed by atoms with Gasteiger partial charge in [0.05, 0.1) is 21.8 Å². The number of para-hydroxylation sites is 1. The third kappa shape index (κ3) is 6.12. The van der Waals surface area contributed by atoms with E-state index in [0.29, 0.717) is 5.02 Å². The molecule has 9 heteroatoms. The first-order chi connectivity index (χ1) is 15.7. The second kappa shape index (κ2) is 10.5. The molecule has 0 radical (unpaired) electrons. The summed E-state index contributed by atoms with van der Waals surface area (Å²) in [5.74, 6) is -0.943. The van der Waals surface area contributed by atoms with Gasteiger partial charge in [0.1, 0.15) is 6.54 Å². The molecule has 0 saturated carbocycles. The van der Waals surface area contributed by atoms with Gasteiger partial charge in [-0.1, -0.05) is 41.9 Å². The van der Waals surface area contributed by atoms with Crippen molar-refractivity contribution in [3.05, 3.63) is 89.4 Å². The predicted molar refractivity (Wildman–Crippen MR) is 130 cm³/mol. The molecule has 3 aromatic rings. The highest BCUT2D eigenvalue weighted by molar-refractivity contribution is 7.92. The number of sulfonamides is 1. The fraction of sp³-hybridized carbons (Fsp3) is 0.167. The molecule has 0 aliphatic carbocycles. The fourth-order valence-electron chi connectivity index (χ4n) is 3.09. The quantitative estimate of drug-likeness (QED) is 0.497. The van der Waals surface area contributed by atoms with Gasteiger partial charge < -0.3 is 10.6 Å². The Morgan fingerprint density at radius 1 is 0.909 bits per heavy atom. The van der Waals surface area contributed by atoms with Crippen LogP contribution in [0.1, 0.15) is 24.2 Å². The van der Waals surface area contributed by atoms with Crippen LogP contribution in [0.4, 0.5) is 11.4 Å². The maximum Gasteiger partial charge on any atom is 0.264 e. The van der Waals surface area contributed by atoms with Crippen LogP contribution in [0.2, 0.25) is 5.02 Å². The van der Waals surface area contributed by atoms with Crippen molar-refractivity contribution >= 4 is 44.8 Å². The number of benzene rings is 3. The van der Waals surface area contributed by atoms with Crippen molar-refractivity contribution in [2.75, 3.05) is 16.2 Å². The molecular formula is C24H24ClN3O4S. The molecule has 2 N–H and O–H groups in total. The van der Waals surface area contributed by atoms with Crippen LogP contribution in [-0.4, -0.2) is 32.8 Å². The van der Waals surface area contributed by atoms with Crippen molar-refractivity contribution in [2.24, 2.45) is 0 Å². The Balaban J connectivity index is 1.91. The van der Waals surface area contributed by atoms with E-state index in [1.807, 2.05) is 13.8 Å². The van der Waals surface area contributed by atoms with E-state index in [9.17, 15) is 18.0 Å². The van der Waals surface area contributed by atoms with Gasteiger partial charge in [-0.05, 0) is 62.4 Å². The van der Waals surface area contributed by atoms with Crippen molar-refractivity contribution in [2.45, 2.75) is 24.8 Å². The molecule has 33 heavy (non-hydrogen) atoms. The van der Waals surface area contributed by atoms with Crippen LogP contribution >= 0.6 is 11.6 Å². The van der Waals surface area contributed by atoms with E-state index in [1.165, 1.54) is 24.3 Å². The smallest absolute Gasteiger partial charge is 0.264 e. The number of nitrogens with one attached hydrogen (secondary N) is 2. The number of anilines is 2. The van der Waals surface area contributed by atoms with E-state index in [4.69, 9.17) is 11.6 Å². The lowest BCUT2D eigenvalue weighted by Gasteiger charge is -2.24. The zero-order chi connectivity index (χ0) is 24.0.